The van der Waals surface area contributed by atoms with E-state index in [1.165, 1.54) is 12.8 Å². The normalized spacial score (nSPS) is 15.5. The smallest absolute Gasteiger partial charge is 0.181 e. The van der Waals surface area contributed by atoms with Crippen molar-refractivity contribution in [1.29, 1.82) is 0 Å². The van der Waals surface area contributed by atoms with Crippen LogP contribution in [0.4, 0.5) is 0 Å². The Morgan fingerprint density at radius 1 is 0.879 bits per heavy atom. The lowest BCUT2D eigenvalue weighted by Crippen LogP contribution is -2.24. The van der Waals surface area contributed by atoms with E-state index in [0.29, 0.717) is 0 Å². The molecule has 0 spiro atoms. The molecule has 0 saturated carbocycles. The molecule has 6 rings (SSSR count). The number of hydrogen-bond acceptors (Lipinski definition) is 5. The Morgan fingerprint density at radius 3 is 2.52 bits per heavy atom. The van der Waals surface area contributed by atoms with Gasteiger partial charge in [-0.15, -0.1) is 0 Å². The number of benzene rings is 3. The standard InChI is InChI=1S/C26H26N6O/c1-16(32-11-3-4-12-32)25-27-26(31-30-25)20-8-10-23-22(15-20)24(29-28-23)19-6-5-18-14-21(33-2)9-7-17(18)13-19/h5-10,13-16H,3-4,11-12H2,1-2H3,(H,28,29)(H,27,30,31). The average Bonchev–Trinajstić information content (AvgIpc) is 3.63. The van der Waals surface area contributed by atoms with Gasteiger partial charge in [-0.3, -0.25) is 15.1 Å². The Bertz CT molecular complexity index is 1450. The van der Waals surface area contributed by atoms with Crippen molar-refractivity contribution >= 4 is 21.7 Å². The first-order chi connectivity index (χ1) is 16.2. The zero-order chi connectivity index (χ0) is 22.4. The van der Waals surface area contributed by atoms with E-state index in [1.807, 2.05) is 24.3 Å². The van der Waals surface area contributed by atoms with Crippen LogP contribution in [0.25, 0.3) is 44.3 Å². The minimum atomic E-state index is 0.248. The van der Waals surface area contributed by atoms with Crippen LogP contribution < -0.4 is 4.74 Å². The van der Waals surface area contributed by atoms with Crippen LogP contribution in [0.1, 0.15) is 31.6 Å². The van der Waals surface area contributed by atoms with Crippen LogP contribution >= 0.6 is 0 Å². The van der Waals surface area contributed by atoms with Gasteiger partial charge in [-0.1, -0.05) is 18.2 Å². The Kier molecular flexibility index (Phi) is 4.84. The second kappa shape index (κ2) is 8.01. The van der Waals surface area contributed by atoms with Gasteiger partial charge in [-0.25, -0.2) is 4.98 Å². The van der Waals surface area contributed by atoms with E-state index in [2.05, 4.69) is 62.6 Å². The molecule has 0 bridgehead atoms. The molecule has 0 aliphatic carbocycles. The summed E-state index contributed by atoms with van der Waals surface area (Å²) in [6, 6.07) is 19.0. The average molecular weight is 439 g/mol. The number of methoxy groups -OCH3 is 1. The van der Waals surface area contributed by atoms with Crippen molar-refractivity contribution in [3.8, 4) is 28.4 Å². The highest BCUT2D eigenvalue weighted by Gasteiger charge is 2.22. The molecule has 1 aliphatic heterocycles. The van der Waals surface area contributed by atoms with E-state index in [4.69, 9.17) is 9.72 Å². The summed E-state index contributed by atoms with van der Waals surface area (Å²) in [5.41, 5.74) is 3.96. The molecule has 7 heteroatoms. The van der Waals surface area contributed by atoms with Crippen LogP contribution in [-0.2, 0) is 0 Å². The molecule has 1 saturated heterocycles. The molecule has 1 atom stereocenters. The number of aromatic amines is 2. The van der Waals surface area contributed by atoms with Gasteiger partial charge < -0.3 is 4.74 Å². The highest BCUT2D eigenvalue weighted by atomic mass is 16.5. The fourth-order valence-corrected chi connectivity index (χ4v) is 4.76. The first-order valence-electron chi connectivity index (χ1n) is 11.4. The maximum absolute atomic E-state index is 5.35. The zero-order valence-corrected chi connectivity index (χ0v) is 18.8. The van der Waals surface area contributed by atoms with Gasteiger partial charge in [0.05, 0.1) is 24.4 Å². The van der Waals surface area contributed by atoms with Crippen molar-refractivity contribution in [3.63, 3.8) is 0 Å². The number of aromatic nitrogens is 5. The van der Waals surface area contributed by atoms with Crippen LogP contribution in [0.15, 0.2) is 54.6 Å². The summed E-state index contributed by atoms with van der Waals surface area (Å²) in [7, 11) is 1.69. The Labute approximate surface area is 191 Å². The van der Waals surface area contributed by atoms with Crippen molar-refractivity contribution in [2.24, 2.45) is 0 Å². The molecule has 2 N–H and O–H groups in total. The van der Waals surface area contributed by atoms with Crippen LogP contribution in [0, 0.1) is 0 Å². The zero-order valence-electron chi connectivity index (χ0n) is 18.8. The third kappa shape index (κ3) is 3.54. The number of H-pyrrole nitrogens is 2. The van der Waals surface area contributed by atoms with Crippen molar-refractivity contribution in [1.82, 2.24) is 30.3 Å². The maximum atomic E-state index is 5.35. The number of fused-ring (bicyclic) bond motifs is 2. The molecule has 3 heterocycles. The number of ether oxygens (including phenoxy) is 1. The van der Waals surface area contributed by atoms with E-state index in [0.717, 1.165) is 69.0 Å². The van der Waals surface area contributed by atoms with Gasteiger partial charge in [0.1, 0.15) is 11.6 Å². The van der Waals surface area contributed by atoms with Crippen LogP contribution in [-0.4, -0.2) is 50.5 Å². The topological polar surface area (TPSA) is 82.7 Å². The lowest BCUT2D eigenvalue weighted by molar-refractivity contribution is 0.254. The quantitative estimate of drug-likeness (QED) is 0.387. The summed E-state index contributed by atoms with van der Waals surface area (Å²) >= 11 is 0. The van der Waals surface area contributed by atoms with E-state index < -0.39 is 0 Å². The monoisotopic (exact) mass is 438 g/mol. The molecule has 1 fully saturated rings. The van der Waals surface area contributed by atoms with Crippen molar-refractivity contribution in [3.05, 3.63) is 60.4 Å². The van der Waals surface area contributed by atoms with Crippen LogP contribution in [0.2, 0.25) is 0 Å². The predicted molar refractivity (Wildman–Crippen MR) is 130 cm³/mol. The number of likely N-dealkylation sites (tertiary alicyclic amines) is 1. The van der Waals surface area contributed by atoms with Crippen LogP contribution in [0.5, 0.6) is 5.75 Å². The van der Waals surface area contributed by atoms with E-state index in [9.17, 15) is 0 Å². The van der Waals surface area contributed by atoms with Gasteiger partial charge >= 0.3 is 0 Å². The fourth-order valence-electron chi connectivity index (χ4n) is 4.76. The molecular weight excluding hydrogens is 412 g/mol. The SMILES string of the molecule is COc1ccc2cc(-c3n[nH]c4ccc(-c5n[nH]c(C(C)N6CCCC6)n5)cc34)ccc2c1. The number of nitrogens with zero attached hydrogens (tertiary/aromatic N) is 4. The highest BCUT2D eigenvalue weighted by Crippen LogP contribution is 2.32. The maximum Gasteiger partial charge on any atom is 0.181 e. The summed E-state index contributed by atoms with van der Waals surface area (Å²) < 4.78 is 5.35. The molecular formula is C26H26N6O. The first-order valence-corrected chi connectivity index (χ1v) is 11.4. The van der Waals surface area contributed by atoms with Crippen molar-refractivity contribution in [2.75, 3.05) is 20.2 Å². The third-order valence-corrected chi connectivity index (χ3v) is 6.73. The molecule has 3 aromatic carbocycles. The number of rotatable bonds is 5. The van der Waals surface area contributed by atoms with Gasteiger partial charge in [-0.2, -0.15) is 10.2 Å². The summed E-state index contributed by atoms with van der Waals surface area (Å²) in [5.74, 6) is 2.50. The Balaban J connectivity index is 1.36. The lowest BCUT2D eigenvalue weighted by atomic mass is 10.0. The summed E-state index contributed by atoms with van der Waals surface area (Å²) in [6.07, 6.45) is 2.52. The van der Waals surface area contributed by atoms with Crippen molar-refractivity contribution in [2.45, 2.75) is 25.8 Å². The molecule has 0 radical (unpaired) electrons. The van der Waals surface area contributed by atoms with Gasteiger partial charge in [0.15, 0.2) is 5.82 Å². The highest BCUT2D eigenvalue weighted by molar-refractivity contribution is 5.97. The summed E-state index contributed by atoms with van der Waals surface area (Å²) in [6.45, 7) is 4.45. The molecule has 166 valence electrons. The number of nitrogens with one attached hydrogen (secondary N) is 2. The molecule has 7 nitrogen and oxygen atoms in total. The molecule has 1 aliphatic rings. The molecule has 5 aromatic rings. The van der Waals surface area contributed by atoms with Gasteiger partial charge in [-0.05, 0) is 80.0 Å². The second-order valence-electron chi connectivity index (χ2n) is 8.72. The molecule has 2 aromatic heterocycles. The Morgan fingerprint density at radius 2 is 1.67 bits per heavy atom. The molecule has 33 heavy (non-hydrogen) atoms. The lowest BCUT2D eigenvalue weighted by Gasteiger charge is -2.20. The molecule has 0 amide bonds. The summed E-state index contributed by atoms with van der Waals surface area (Å²) in [4.78, 5) is 7.28. The van der Waals surface area contributed by atoms with Crippen LogP contribution in [0.3, 0.4) is 0 Å². The predicted octanol–water partition coefficient (Wildman–Crippen LogP) is 5.33. The number of hydrogen-bond donors (Lipinski definition) is 2. The van der Waals surface area contributed by atoms with Gasteiger partial charge in [0.2, 0.25) is 0 Å². The first kappa shape index (κ1) is 19.9. The second-order valence-corrected chi connectivity index (χ2v) is 8.72. The van der Waals surface area contributed by atoms with Crippen molar-refractivity contribution < 1.29 is 4.74 Å². The fraction of sp³-hybridized carbons (Fsp3) is 0.269. The minimum absolute atomic E-state index is 0.248. The molecule has 1 unspecified atom stereocenters. The van der Waals surface area contributed by atoms with Gasteiger partial charge in [0, 0.05) is 16.5 Å². The van der Waals surface area contributed by atoms with E-state index in [-0.39, 0.29) is 6.04 Å². The van der Waals surface area contributed by atoms with E-state index in [1.54, 1.807) is 7.11 Å². The Hall–Kier alpha value is -3.71. The largest absolute Gasteiger partial charge is 0.497 e. The third-order valence-electron chi connectivity index (χ3n) is 6.73. The minimum Gasteiger partial charge on any atom is -0.497 e. The van der Waals surface area contributed by atoms with E-state index >= 15 is 0 Å². The van der Waals surface area contributed by atoms with Gasteiger partial charge in [0.25, 0.3) is 0 Å². The summed E-state index contributed by atoms with van der Waals surface area (Å²) in [5, 5.41) is 18.8.